The van der Waals surface area contributed by atoms with Crippen molar-refractivity contribution in [2.24, 2.45) is 29.2 Å². The van der Waals surface area contributed by atoms with Crippen LogP contribution in [-0.2, 0) is 11.3 Å². The molecule has 1 aromatic rings. The number of anilines is 1. The van der Waals surface area contributed by atoms with E-state index in [4.69, 9.17) is 11.5 Å². The molecular formula is C17H25N3O. The van der Waals surface area contributed by atoms with Crippen LogP contribution < -0.4 is 16.8 Å². The maximum atomic E-state index is 12.5. The summed E-state index contributed by atoms with van der Waals surface area (Å²) < 4.78 is 0. The molecule has 0 aliphatic heterocycles. The predicted molar refractivity (Wildman–Crippen MR) is 84.5 cm³/mol. The van der Waals surface area contributed by atoms with Gasteiger partial charge in [0.15, 0.2) is 0 Å². The van der Waals surface area contributed by atoms with E-state index in [0.717, 1.165) is 17.7 Å². The van der Waals surface area contributed by atoms with Gasteiger partial charge < -0.3 is 16.8 Å². The molecule has 21 heavy (non-hydrogen) atoms. The van der Waals surface area contributed by atoms with Crippen LogP contribution in [0.3, 0.4) is 0 Å². The Morgan fingerprint density at radius 1 is 1.19 bits per heavy atom. The number of fused-ring (bicyclic) bond motifs is 1. The fourth-order valence-corrected chi connectivity index (χ4v) is 4.07. The summed E-state index contributed by atoms with van der Waals surface area (Å²) in [6.45, 7) is 0.483. The molecule has 1 amide bonds. The summed E-state index contributed by atoms with van der Waals surface area (Å²) in [5.41, 5.74) is 13.8. The van der Waals surface area contributed by atoms with Crippen molar-refractivity contribution in [2.45, 2.75) is 44.7 Å². The van der Waals surface area contributed by atoms with E-state index >= 15 is 0 Å². The summed E-state index contributed by atoms with van der Waals surface area (Å²) in [5, 5.41) is 3.03. The average Bonchev–Trinajstić information content (AvgIpc) is 2.70. The van der Waals surface area contributed by atoms with E-state index in [2.05, 4.69) is 5.32 Å². The highest BCUT2D eigenvalue weighted by Crippen LogP contribution is 2.47. The third kappa shape index (κ3) is 2.83. The van der Waals surface area contributed by atoms with Gasteiger partial charge in [-0.1, -0.05) is 31.4 Å². The molecular weight excluding hydrogens is 262 g/mol. The number of hydrogen-bond acceptors (Lipinski definition) is 3. The molecule has 4 heteroatoms. The van der Waals surface area contributed by atoms with E-state index in [-0.39, 0.29) is 17.9 Å². The maximum absolute atomic E-state index is 12.5. The minimum atomic E-state index is -0.0189. The van der Waals surface area contributed by atoms with Crippen molar-refractivity contribution < 1.29 is 4.79 Å². The summed E-state index contributed by atoms with van der Waals surface area (Å²) in [7, 11) is 0. The van der Waals surface area contributed by atoms with Gasteiger partial charge in [-0.15, -0.1) is 0 Å². The summed E-state index contributed by atoms with van der Waals surface area (Å²) in [5.74, 6) is 1.10. The Labute approximate surface area is 126 Å². The van der Waals surface area contributed by atoms with Crippen LogP contribution in [0.15, 0.2) is 24.3 Å². The Bertz CT molecular complexity index is 517. The molecule has 3 rings (SSSR count). The van der Waals surface area contributed by atoms with E-state index in [1.165, 1.54) is 25.7 Å². The van der Waals surface area contributed by atoms with Gasteiger partial charge in [-0.25, -0.2) is 0 Å². The third-order valence-electron chi connectivity index (χ3n) is 5.23. The van der Waals surface area contributed by atoms with Crippen LogP contribution >= 0.6 is 0 Å². The van der Waals surface area contributed by atoms with Crippen LogP contribution in [0, 0.1) is 17.8 Å². The third-order valence-corrected chi connectivity index (χ3v) is 5.23. The van der Waals surface area contributed by atoms with Gasteiger partial charge in [0, 0.05) is 18.3 Å². The lowest BCUT2D eigenvalue weighted by atomic mass is 9.58. The normalized spacial score (nSPS) is 31.7. The second-order valence-electron chi connectivity index (χ2n) is 6.46. The lowest BCUT2D eigenvalue weighted by Crippen LogP contribution is -2.60. The first-order valence-corrected chi connectivity index (χ1v) is 8.06. The first-order chi connectivity index (χ1) is 10.2. The SMILES string of the molecule is NCc1cccc(NC(=O)[C@@H]2[C@H](N)[C@@H]3CCCCC[C@@H]32)c1. The summed E-state index contributed by atoms with van der Waals surface area (Å²) in [6.07, 6.45) is 6.13. The molecule has 0 aromatic heterocycles. The molecule has 0 heterocycles. The maximum Gasteiger partial charge on any atom is 0.229 e. The molecule has 2 fully saturated rings. The molecule has 0 radical (unpaired) electrons. The predicted octanol–water partition coefficient (Wildman–Crippen LogP) is 2.24. The minimum absolute atomic E-state index is 0.0189. The minimum Gasteiger partial charge on any atom is -0.327 e. The van der Waals surface area contributed by atoms with Crippen molar-refractivity contribution in [3.05, 3.63) is 29.8 Å². The van der Waals surface area contributed by atoms with Crippen molar-refractivity contribution in [2.75, 3.05) is 5.32 Å². The second kappa shape index (κ2) is 6.16. The van der Waals surface area contributed by atoms with Crippen LogP contribution in [-0.4, -0.2) is 11.9 Å². The number of nitrogens with one attached hydrogen (secondary N) is 1. The van der Waals surface area contributed by atoms with Crippen molar-refractivity contribution in [1.82, 2.24) is 0 Å². The number of carbonyl (C=O) groups is 1. The molecule has 1 aromatic carbocycles. The molecule has 0 unspecified atom stereocenters. The van der Waals surface area contributed by atoms with Crippen LogP contribution in [0.4, 0.5) is 5.69 Å². The molecule has 4 atom stereocenters. The Hall–Kier alpha value is -1.39. The topological polar surface area (TPSA) is 81.1 Å². The zero-order valence-electron chi connectivity index (χ0n) is 12.4. The largest absolute Gasteiger partial charge is 0.327 e. The van der Waals surface area contributed by atoms with Crippen molar-refractivity contribution in [3.63, 3.8) is 0 Å². The Kier molecular flexibility index (Phi) is 4.27. The van der Waals surface area contributed by atoms with Gasteiger partial charge in [-0.3, -0.25) is 4.79 Å². The number of carbonyl (C=O) groups excluding carboxylic acids is 1. The van der Waals surface area contributed by atoms with E-state index < -0.39 is 0 Å². The highest BCUT2D eigenvalue weighted by atomic mass is 16.2. The van der Waals surface area contributed by atoms with Crippen LogP contribution in [0.2, 0.25) is 0 Å². The van der Waals surface area contributed by atoms with Crippen molar-refractivity contribution in [3.8, 4) is 0 Å². The standard InChI is InChI=1S/C17H25N3O/c18-10-11-5-4-6-12(9-11)20-17(21)15-13-7-2-1-3-8-14(13)16(15)19/h4-6,9,13-16H,1-3,7-8,10,18-19H2,(H,20,21)/t13-,14+,15-,16+/m0/s1. The highest BCUT2D eigenvalue weighted by Gasteiger charge is 2.51. The van der Waals surface area contributed by atoms with Gasteiger partial charge in [0.05, 0.1) is 5.92 Å². The average molecular weight is 287 g/mol. The quantitative estimate of drug-likeness (QED) is 0.797. The number of benzene rings is 1. The lowest BCUT2D eigenvalue weighted by molar-refractivity contribution is -0.130. The van der Waals surface area contributed by atoms with Crippen molar-refractivity contribution >= 4 is 11.6 Å². The fourth-order valence-electron chi connectivity index (χ4n) is 4.07. The van der Waals surface area contributed by atoms with Gasteiger partial charge >= 0.3 is 0 Å². The molecule has 4 nitrogen and oxygen atoms in total. The van der Waals surface area contributed by atoms with E-state index in [0.29, 0.717) is 18.4 Å². The smallest absolute Gasteiger partial charge is 0.229 e. The molecule has 5 N–H and O–H groups in total. The Morgan fingerprint density at radius 3 is 2.71 bits per heavy atom. The number of hydrogen-bond donors (Lipinski definition) is 3. The second-order valence-corrected chi connectivity index (χ2v) is 6.46. The summed E-state index contributed by atoms with van der Waals surface area (Å²) in [6, 6.07) is 7.77. The Balaban J connectivity index is 1.67. The van der Waals surface area contributed by atoms with Crippen LogP contribution in [0.25, 0.3) is 0 Å². The number of nitrogens with two attached hydrogens (primary N) is 2. The van der Waals surface area contributed by atoms with Gasteiger partial charge in [0.1, 0.15) is 0 Å². The van der Waals surface area contributed by atoms with Crippen LogP contribution in [0.1, 0.15) is 37.7 Å². The van der Waals surface area contributed by atoms with Gasteiger partial charge in [0.25, 0.3) is 0 Å². The molecule has 2 saturated carbocycles. The van der Waals surface area contributed by atoms with Crippen molar-refractivity contribution in [1.29, 1.82) is 0 Å². The van der Waals surface area contributed by atoms with Gasteiger partial charge in [0.2, 0.25) is 5.91 Å². The first-order valence-electron chi connectivity index (χ1n) is 8.06. The number of rotatable bonds is 3. The molecule has 0 saturated heterocycles. The molecule has 0 spiro atoms. The fraction of sp³-hybridized carbons (Fsp3) is 0.588. The molecule has 0 bridgehead atoms. The highest BCUT2D eigenvalue weighted by molar-refractivity contribution is 5.94. The van der Waals surface area contributed by atoms with E-state index in [9.17, 15) is 4.79 Å². The number of amides is 1. The van der Waals surface area contributed by atoms with Gasteiger partial charge in [-0.2, -0.15) is 0 Å². The first kappa shape index (κ1) is 14.5. The monoisotopic (exact) mass is 287 g/mol. The van der Waals surface area contributed by atoms with Gasteiger partial charge in [-0.05, 0) is 42.4 Å². The lowest BCUT2D eigenvalue weighted by Gasteiger charge is -2.49. The Morgan fingerprint density at radius 2 is 1.95 bits per heavy atom. The zero-order valence-corrected chi connectivity index (χ0v) is 12.4. The zero-order chi connectivity index (χ0) is 14.8. The van der Waals surface area contributed by atoms with E-state index in [1.54, 1.807) is 0 Å². The molecule has 114 valence electrons. The van der Waals surface area contributed by atoms with E-state index in [1.807, 2.05) is 24.3 Å². The summed E-state index contributed by atoms with van der Waals surface area (Å²) in [4.78, 5) is 12.5. The summed E-state index contributed by atoms with van der Waals surface area (Å²) >= 11 is 0. The van der Waals surface area contributed by atoms with Crippen LogP contribution in [0.5, 0.6) is 0 Å². The molecule has 2 aliphatic carbocycles. The molecule has 2 aliphatic rings.